The molecule has 3 rings (SSSR count). The third kappa shape index (κ3) is 6.77. The summed E-state index contributed by atoms with van der Waals surface area (Å²) in [5.41, 5.74) is 6.43. The number of amides is 2. The van der Waals surface area contributed by atoms with E-state index in [-0.39, 0.29) is 29.9 Å². The Kier molecular flexibility index (Phi) is 8.43. The lowest BCUT2D eigenvalue weighted by molar-refractivity contribution is -0.154. The molecule has 1 aliphatic carbocycles. The van der Waals surface area contributed by atoms with Crippen LogP contribution in [0.5, 0.6) is 0 Å². The number of hydrogen-bond acceptors (Lipinski definition) is 9. The number of nitrogens with one attached hydrogen (secondary N) is 3. The number of halogens is 2. The molecule has 1 fully saturated rings. The smallest absolute Gasteiger partial charge is 0.243 e. The second-order valence-corrected chi connectivity index (χ2v) is 8.33. The van der Waals surface area contributed by atoms with Crippen molar-refractivity contribution in [3.8, 4) is 0 Å². The molecule has 0 saturated heterocycles. The maximum Gasteiger partial charge on any atom is 0.243 e. The van der Waals surface area contributed by atoms with Crippen LogP contribution in [0.25, 0.3) is 0 Å². The molecule has 1 aromatic rings. The lowest BCUT2D eigenvalue weighted by atomic mass is 9.92. The fourth-order valence-corrected chi connectivity index (χ4v) is 4.21. The molecule has 1 aromatic heterocycles. The average Bonchev–Trinajstić information content (AvgIpc) is 3.28. The van der Waals surface area contributed by atoms with E-state index in [9.17, 15) is 19.2 Å². The second kappa shape index (κ2) is 11.3. The quantitative estimate of drug-likeness (QED) is 0.177. The van der Waals surface area contributed by atoms with Crippen molar-refractivity contribution in [2.75, 3.05) is 17.3 Å². The number of nitrogens with zero attached hydrogens (tertiary/aromatic N) is 4. The summed E-state index contributed by atoms with van der Waals surface area (Å²) in [6, 6.07) is 0. The fraction of sp³-hybridized carbons (Fsp3) is 0.500. The normalized spacial score (nSPS) is 19.1. The third-order valence-electron chi connectivity index (χ3n) is 5.03. The Morgan fingerprint density at radius 2 is 2.13 bits per heavy atom. The lowest BCUT2D eigenvalue weighted by Crippen LogP contribution is -2.41. The Morgan fingerprint density at radius 3 is 2.81 bits per heavy atom. The number of rotatable bonds is 10. The Hall–Kier alpha value is -2.44. The molecule has 0 spiro atoms. The van der Waals surface area contributed by atoms with E-state index >= 15 is 0 Å². The molecule has 4 N–H and O–H groups in total. The molecule has 1 aliphatic heterocycles. The fourth-order valence-electron chi connectivity index (χ4n) is 3.53. The van der Waals surface area contributed by atoms with E-state index in [2.05, 4.69) is 31.1 Å². The van der Waals surface area contributed by atoms with Crippen LogP contribution in [-0.2, 0) is 9.59 Å². The highest BCUT2D eigenvalue weighted by Gasteiger charge is 2.27. The van der Waals surface area contributed by atoms with E-state index in [1.807, 2.05) is 0 Å². The van der Waals surface area contributed by atoms with Gasteiger partial charge in [0.1, 0.15) is 6.17 Å². The van der Waals surface area contributed by atoms with Crippen molar-refractivity contribution < 1.29 is 19.2 Å². The van der Waals surface area contributed by atoms with Crippen LogP contribution in [0.4, 0.5) is 16.0 Å². The molecule has 10 nitrogen and oxygen atoms in total. The largest absolute Gasteiger partial charge is 0.343 e. The molecule has 2 atom stereocenters. The highest BCUT2D eigenvalue weighted by Crippen LogP contribution is 2.30. The minimum atomic E-state index is -0.851. The van der Waals surface area contributed by atoms with Crippen LogP contribution in [0, 0.1) is 17.7 Å². The highest BCUT2D eigenvalue weighted by molar-refractivity contribution is 8.14. The van der Waals surface area contributed by atoms with E-state index in [1.54, 1.807) is 17.0 Å². The molecule has 0 aromatic carbocycles. The van der Waals surface area contributed by atoms with E-state index in [0.717, 1.165) is 25.7 Å². The Morgan fingerprint density at radius 1 is 1.39 bits per heavy atom. The summed E-state index contributed by atoms with van der Waals surface area (Å²) < 4.78 is 14.8. The number of hydrazine groups is 1. The first-order valence-electron chi connectivity index (χ1n) is 9.76. The van der Waals surface area contributed by atoms with Gasteiger partial charge in [-0.15, -0.1) is 0 Å². The van der Waals surface area contributed by atoms with E-state index in [0.29, 0.717) is 17.4 Å². The maximum absolute atomic E-state index is 14.8. The first-order valence-corrected chi connectivity index (χ1v) is 11.1. The van der Waals surface area contributed by atoms with Crippen molar-refractivity contribution in [3.05, 3.63) is 22.6 Å². The molecule has 1 saturated carbocycles. The van der Waals surface area contributed by atoms with Gasteiger partial charge in [0.2, 0.25) is 23.4 Å². The van der Waals surface area contributed by atoms with Gasteiger partial charge < -0.3 is 5.32 Å². The van der Waals surface area contributed by atoms with Crippen molar-refractivity contribution in [2.24, 2.45) is 16.8 Å². The van der Waals surface area contributed by atoms with E-state index in [1.165, 1.54) is 11.8 Å². The van der Waals surface area contributed by atoms with Gasteiger partial charge in [0.15, 0.2) is 11.6 Å². The molecular formula is C18H23ClFN7O3S. The summed E-state index contributed by atoms with van der Waals surface area (Å²) in [6.07, 6.45) is 6.11. The summed E-state index contributed by atoms with van der Waals surface area (Å²) in [4.78, 5) is 35.2. The standard InChI is InChI=1S/C18H23ClFN7O3S/c19-18-23-15(22-13-5-6-31-9-21-13)14(20)16(24-18)25-26-17(29)12(8-27(30)10-28)7-11-3-1-2-4-11/h5-6,9-13,30H,1-4,7-8H2,(H,26,29)(H2,22,23,24,25)/t12-,13?/m1/s1. The van der Waals surface area contributed by atoms with Crippen LogP contribution in [0.1, 0.15) is 32.1 Å². The Balaban J connectivity index is 1.66. The van der Waals surface area contributed by atoms with Gasteiger partial charge in [0, 0.05) is 0 Å². The minimum absolute atomic E-state index is 0.169. The van der Waals surface area contributed by atoms with Crippen LogP contribution in [0.3, 0.4) is 0 Å². The molecule has 2 amide bonds. The third-order valence-corrected chi connectivity index (χ3v) is 5.75. The number of aromatic nitrogens is 2. The summed E-state index contributed by atoms with van der Waals surface area (Å²) in [7, 11) is 0. The molecule has 2 heterocycles. The van der Waals surface area contributed by atoms with Gasteiger partial charge in [-0.2, -0.15) is 14.4 Å². The van der Waals surface area contributed by atoms with Crippen LogP contribution in [-0.4, -0.2) is 50.8 Å². The second-order valence-electron chi connectivity index (χ2n) is 7.24. The number of hydrogen-bond donors (Lipinski definition) is 4. The first-order chi connectivity index (χ1) is 15.0. The van der Waals surface area contributed by atoms with Crippen molar-refractivity contribution in [1.29, 1.82) is 0 Å². The molecule has 1 unspecified atom stereocenters. The average molecular weight is 472 g/mol. The summed E-state index contributed by atoms with van der Waals surface area (Å²) in [5.74, 6) is -2.21. The van der Waals surface area contributed by atoms with Gasteiger partial charge in [-0.25, -0.2) is 5.06 Å². The zero-order valence-electron chi connectivity index (χ0n) is 16.5. The predicted octanol–water partition coefficient (Wildman–Crippen LogP) is 2.78. The van der Waals surface area contributed by atoms with Crippen molar-refractivity contribution in [1.82, 2.24) is 20.5 Å². The van der Waals surface area contributed by atoms with Gasteiger partial charge >= 0.3 is 0 Å². The highest BCUT2D eigenvalue weighted by atomic mass is 35.5. The molecule has 31 heavy (non-hydrogen) atoms. The summed E-state index contributed by atoms with van der Waals surface area (Å²) >= 11 is 7.28. The topological polar surface area (TPSA) is 132 Å². The SMILES string of the molecule is O=CN(O)C[C@@H](CC1CCCC1)C(=O)NNc1nc(Cl)nc(NC2C=CSC=N2)c1F. The van der Waals surface area contributed by atoms with Crippen molar-refractivity contribution in [3.63, 3.8) is 0 Å². The van der Waals surface area contributed by atoms with Gasteiger partial charge in [-0.3, -0.25) is 30.6 Å². The monoisotopic (exact) mass is 471 g/mol. The van der Waals surface area contributed by atoms with Gasteiger partial charge in [-0.1, -0.05) is 37.4 Å². The van der Waals surface area contributed by atoms with Gasteiger partial charge in [-0.05, 0) is 35.4 Å². The summed E-state index contributed by atoms with van der Waals surface area (Å²) in [6.45, 7) is -0.169. The maximum atomic E-state index is 14.8. The van der Waals surface area contributed by atoms with E-state index in [4.69, 9.17) is 11.6 Å². The number of hydroxylamine groups is 2. The van der Waals surface area contributed by atoms with Crippen LogP contribution < -0.4 is 16.2 Å². The minimum Gasteiger partial charge on any atom is -0.343 e. The first kappa shape index (κ1) is 23.2. The number of carbonyl (C=O) groups is 2. The van der Waals surface area contributed by atoms with Crippen molar-refractivity contribution >= 4 is 52.9 Å². The Bertz CT molecular complexity index is 842. The number of thioether (sulfide) groups is 1. The summed E-state index contributed by atoms with van der Waals surface area (Å²) in [5, 5.41) is 14.3. The zero-order chi connectivity index (χ0) is 22.2. The van der Waals surface area contributed by atoms with Gasteiger partial charge in [0.25, 0.3) is 0 Å². The lowest BCUT2D eigenvalue weighted by Gasteiger charge is -2.22. The number of aliphatic imine (C=N–C) groups is 1. The van der Waals surface area contributed by atoms with Gasteiger partial charge in [0.05, 0.1) is 18.0 Å². The molecule has 168 valence electrons. The predicted molar refractivity (Wildman–Crippen MR) is 116 cm³/mol. The molecule has 2 aliphatic rings. The molecule has 0 radical (unpaired) electrons. The molecular weight excluding hydrogens is 449 g/mol. The van der Waals surface area contributed by atoms with Crippen molar-refractivity contribution in [2.45, 2.75) is 38.3 Å². The van der Waals surface area contributed by atoms with E-state index < -0.39 is 23.8 Å². The Labute approximate surface area is 187 Å². The van der Waals surface area contributed by atoms with Crippen LogP contribution in [0.15, 0.2) is 16.5 Å². The molecule has 13 heteroatoms. The molecule has 0 bridgehead atoms. The number of carbonyl (C=O) groups excluding carboxylic acids is 2. The van der Waals surface area contributed by atoms with Crippen LogP contribution in [0.2, 0.25) is 5.28 Å². The zero-order valence-corrected chi connectivity index (χ0v) is 18.1. The number of anilines is 2. The van der Waals surface area contributed by atoms with Crippen LogP contribution >= 0.6 is 23.4 Å².